The van der Waals surface area contributed by atoms with Gasteiger partial charge in [-0.15, -0.1) is 0 Å². The number of nitrogens with two attached hydrogens (primary N) is 1. The molecule has 0 aromatic heterocycles. The Hall–Kier alpha value is -1.71. The quantitative estimate of drug-likeness (QED) is 0.803. The zero-order chi connectivity index (χ0) is 15.1. The second-order valence-electron chi connectivity index (χ2n) is 5.05. The van der Waals surface area contributed by atoms with E-state index in [1.165, 1.54) is 0 Å². The van der Waals surface area contributed by atoms with E-state index in [1.54, 1.807) is 0 Å². The Balaban J connectivity index is 0.00000154. The van der Waals surface area contributed by atoms with Crippen LogP contribution in [0, 0.1) is 6.92 Å². The van der Waals surface area contributed by atoms with Crippen LogP contribution in [0.3, 0.4) is 0 Å². The second-order valence-corrected chi connectivity index (χ2v) is 5.05. The summed E-state index contributed by atoms with van der Waals surface area (Å²) in [6, 6.07) is 5.67. The summed E-state index contributed by atoms with van der Waals surface area (Å²) >= 11 is 0. The fourth-order valence-corrected chi connectivity index (χ4v) is 1.34. The lowest BCUT2D eigenvalue weighted by Crippen LogP contribution is -2.32. The lowest BCUT2D eigenvalue weighted by molar-refractivity contribution is 0.0523. The van der Waals surface area contributed by atoms with Crippen LogP contribution in [0.15, 0.2) is 18.2 Å². The fraction of sp³-hybridized carbons (Fsp3) is 0.533. The molecule has 1 aromatic rings. The minimum atomic E-state index is -0.471. The number of carbonyl (C=O) groups excluding carboxylic acids is 1. The van der Waals surface area contributed by atoms with E-state index in [0.717, 1.165) is 16.8 Å². The number of ether oxygens (including phenoxy) is 1. The van der Waals surface area contributed by atoms with E-state index in [1.807, 2.05) is 59.7 Å². The highest BCUT2D eigenvalue weighted by Gasteiger charge is 2.15. The number of amides is 1. The third-order valence-corrected chi connectivity index (χ3v) is 2.17. The predicted molar refractivity (Wildman–Crippen MR) is 80.0 cm³/mol. The molecule has 1 aromatic carbocycles. The molecule has 1 amide bonds. The number of hydrogen-bond acceptors (Lipinski definition) is 3. The Kier molecular flexibility index (Phi) is 6.98. The number of nitrogens with one attached hydrogen (secondary N) is 1. The molecule has 0 aliphatic carbocycles. The van der Waals surface area contributed by atoms with Gasteiger partial charge in [-0.2, -0.15) is 0 Å². The van der Waals surface area contributed by atoms with Gasteiger partial charge in [-0.05, 0) is 44.9 Å². The van der Waals surface area contributed by atoms with Gasteiger partial charge in [0.2, 0.25) is 0 Å². The van der Waals surface area contributed by atoms with Crippen molar-refractivity contribution in [2.24, 2.45) is 0 Å². The van der Waals surface area contributed by atoms with Crippen molar-refractivity contribution in [3.05, 3.63) is 29.3 Å². The lowest BCUT2D eigenvalue weighted by atomic mass is 10.1. The monoisotopic (exact) mass is 266 g/mol. The summed E-state index contributed by atoms with van der Waals surface area (Å²) in [6.45, 7) is 11.9. The summed E-state index contributed by atoms with van der Waals surface area (Å²) in [6.07, 6.45) is -0.410. The lowest BCUT2D eigenvalue weighted by Gasteiger charge is -2.19. The van der Waals surface area contributed by atoms with Crippen molar-refractivity contribution in [1.29, 1.82) is 0 Å². The molecular formula is C15H26N2O2. The molecule has 0 saturated heterocycles. The summed E-state index contributed by atoms with van der Waals surface area (Å²) < 4.78 is 5.14. The average Bonchev–Trinajstić information content (AvgIpc) is 2.31. The van der Waals surface area contributed by atoms with Crippen molar-refractivity contribution in [2.75, 3.05) is 5.73 Å². The number of nitrogen functional groups attached to an aromatic ring is 1. The predicted octanol–water partition coefficient (Wildman–Crippen LogP) is 3.63. The first-order valence-corrected chi connectivity index (χ1v) is 6.60. The largest absolute Gasteiger partial charge is 0.444 e. The van der Waals surface area contributed by atoms with E-state index in [0.29, 0.717) is 6.54 Å². The van der Waals surface area contributed by atoms with Crippen LogP contribution in [0.25, 0.3) is 0 Å². The number of anilines is 1. The van der Waals surface area contributed by atoms with Crippen molar-refractivity contribution in [2.45, 2.75) is 53.7 Å². The SMILES string of the molecule is CC.Cc1cc(CNC(=O)OC(C)(C)C)ccc1N. The van der Waals surface area contributed by atoms with Crippen molar-refractivity contribution in [3.63, 3.8) is 0 Å². The van der Waals surface area contributed by atoms with Gasteiger partial charge in [0.1, 0.15) is 5.60 Å². The second kappa shape index (κ2) is 7.67. The van der Waals surface area contributed by atoms with Crippen LogP contribution >= 0.6 is 0 Å². The van der Waals surface area contributed by atoms with E-state index in [9.17, 15) is 4.79 Å². The van der Waals surface area contributed by atoms with E-state index in [2.05, 4.69) is 5.32 Å². The molecule has 0 aliphatic heterocycles. The molecule has 0 aliphatic rings. The molecule has 0 radical (unpaired) electrons. The number of carbonyl (C=O) groups is 1. The summed E-state index contributed by atoms with van der Waals surface area (Å²) in [7, 11) is 0. The minimum Gasteiger partial charge on any atom is -0.444 e. The molecule has 0 heterocycles. The molecule has 1 rings (SSSR count). The van der Waals surface area contributed by atoms with Gasteiger partial charge < -0.3 is 15.8 Å². The van der Waals surface area contributed by atoms with Crippen LogP contribution in [-0.2, 0) is 11.3 Å². The third kappa shape index (κ3) is 7.34. The van der Waals surface area contributed by atoms with Crippen LogP contribution in [0.4, 0.5) is 10.5 Å². The Morgan fingerprint density at radius 1 is 1.32 bits per heavy atom. The van der Waals surface area contributed by atoms with Gasteiger partial charge in [0.15, 0.2) is 0 Å². The maximum absolute atomic E-state index is 11.4. The van der Waals surface area contributed by atoms with Crippen LogP contribution in [0.2, 0.25) is 0 Å². The number of benzene rings is 1. The number of rotatable bonds is 2. The van der Waals surface area contributed by atoms with Gasteiger partial charge in [-0.3, -0.25) is 0 Å². The summed E-state index contributed by atoms with van der Waals surface area (Å²) in [5.74, 6) is 0. The molecule has 0 unspecified atom stereocenters. The Labute approximate surface area is 116 Å². The van der Waals surface area contributed by atoms with Crippen LogP contribution < -0.4 is 11.1 Å². The minimum absolute atomic E-state index is 0.410. The Bertz CT molecular complexity index is 409. The number of aryl methyl sites for hydroxylation is 1. The van der Waals surface area contributed by atoms with Crippen molar-refractivity contribution in [3.8, 4) is 0 Å². The molecule has 0 saturated carbocycles. The maximum Gasteiger partial charge on any atom is 0.407 e. The summed E-state index contributed by atoms with van der Waals surface area (Å²) in [4.78, 5) is 11.4. The molecule has 3 N–H and O–H groups in total. The van der Waals surface area contributed by atoms with Gasteiger partial charge in [0.25, 0.3) is 0 Å². The van der Waals surface area contributed by atoms with Crippen molar-refractivity contribution in [1.82, 2.24) is 5.32 Å². The van der Waals surface area contributed by atoms with E-state index in [-0.39, 0.29) is 0 Å². The van der Waals surface area contributed by atoms with Crippen LogP contribution in [0.1, 0.15) is 45.7 Å². The van der Waals surface area contributed by atoms with Crippen LogP contribution in [0.5, 0.6) is 0 Å². The molecule has 0 fully saturated rings. The highest BCUT2D eigenvalue weighted by Crippen LogP contribution is 2.12. The molecule has 0 atom stereocenters. The molecule has 4 nitrogen and oxygen atoms in total. The number of hydrogen-bond donors (Lipinski definition) is 2. The Morgan fingerprint density at radius 3 is 2.37 bits per heavy atom. The Morgan fingerprint density at radius 2 is 1.89 bits per heavy atom. The van der Waals surface area contributed by atoms with Crippen molar-refractivity contribution < 1.29 is 9.53 Å². The van der Waals surface area contributed by atoms with E-state index >= 15 is 0 Å². The smallest absolute Gasteiger partial charge is 0.407 e. The first kappa shape index (κ1) is 17.3. The van der Waals surface area contributed by atoms with Gasteiger partial charge >= 0.3 is 6.09 Å². The number of alkyl carbamates (subject to hydrolysis) is 1. The maximum atomic E-state index is 11.4. The molecule has 0 spiro atoms. The van der Waals surface area contributed by atoms with E-state index in [4.69, 9.17) is 10.5 Å². The van der Waals surface area contributed by atoms with Gasteiger partial charge in [0, 0.05) is 12.2 Å². The highest BCUT2D eigenvalue weighted by atomic mass is 16.6. The fourth-order valence-electron chi connectivity index (χ4n) is 1.34. The zero-order valence-corrected chi connectivity index (χ0v) is 12.8. The molecule has 0 bridgehead atoms. The first-order valence-electron chi connectivity index (χ1n) is 6.60. The third-order valence-electron chi connectivity index (χ3n) is 2.17. The highest BCUT2D eigenvalue weighted by molar-refractivity contribution is 5.67. The topological polar surface area (TPSA) is 64.3 Å². The standard InChI is InChI=1S/C13H20N2O2.C2H6/c1-9-7-10(5-6-11(9)14)8-15-12(16)17-13(2,3)4;1-2/h5-7H,8,14H2,1-4H3,(H,15,16);1-2H3. The zero-order valence-electron chi connectivity index (χ0n) is 12.8. The van der Waals surface area contributed by atoms with E-state index < -0.39 is 11.7 Å². The van der Waals surface area contributed by atoms with Gasteiger partial charge in [-0.1, -0.05) is 26.0 Å². The first-order chi connectivity index (χ1) is 8.78. The average molecular weight is 266 g/mol. The van der Waals surface area contributed by atoms with Crippen molar-refractivity contribution >= 4 is 11.8 Å². The molecular weight excluding hydrogens is 240 g/mol. The van der Waals surface area contributed by atoms with Crippen LogP contribution in [-0.4, -0.2) is 11.7 Å². The summed E-state index contributed by atoms with van der Waals surface area (Å²) in [5, 5.41) is 2.70. The summed E-state index contributed by atoms with van der Waals surface area (Å²) in [5.41, 5.74) is 8.01. The molecule has 4 heteroatoms. The molecule has 108 valence electrons. The van der Waals surface area contributed by atoms with Gasteiger partial charge in [-0.25, -0.2) is 4.79 Å². The molecule has 19 heavy (non-hydrogen) atoms. The normalized spacial score (nSPS) is 10.2. The van der Waals surface area contributed by atoms with Gasteiger partial charge in [0.05, 0.1) is 0 Å².